The molecule has 3 nitrogen and oxygen atoms in total. The Bertz CT molecular complexity index is 317. The first kappa shape index (κ1) is 9.88. The summed E-state index contributed by atoms with van der Waals surface area (Å²) in [5.74, 6) is 2.76. The molecular formula is C8H10F2N2O. The molecule has 0 fully saturated rings. The molecule has 0 spiro atoms. The number of rotatable bonds is 2. The Morgan fingerprint density at radius 1 is 1.46 bits per heavy atom. The SMILES string of the molecule is C[C@H](NN)c1cc(F)cc(F)c1O. The van der Waals surface area contributed by atoms with Gasteiger partial charge in [-0.15, -0.1) is 0 Å². The molecule has 0 aliphatic rings. The molecule has 5 heteroatoms. The Morgan fingerprint density at radius 2 is 2.08 bits per heavy atom. The number of hydrogen-bond donors (Lipinski definition) is 3. The van der Waals surface area contributed by atoms with Gasteiger partial charge in [-0.25, -0.2) is 8.78 Å². The Kier molecular flexibility index (Phi) is 2.79. The van der Waals surface area contributed by atoms with Crippen molar-refractivity contribution in [2.75, 3.05) is 0 Å². The number of phenols is 1. The molecule has 0 saturated heterocycles. The van der Waals surface area contributed by atoms with Crippen LogP contribution in [0.25, 0.3) is 0 Å². The summed E-state index contributed by atoms with van der Waals surface area (Å²) in [6.45, 7) is 1.58. The molecule has 13 heavy (non-hydrogen) atoms. The summed E-state index contributed by atoms with van der Waals surface area (Å²) < 4.78 is 25.5. The molecule has 0 heterocycles. The third kappa shape index (κ3) is 1.93. The van der Waals surface area contributed by atoms with Crippen LogP contribution in [0.15, 0.2) is 12.1 Å². The van der Waals surface area contributed by atoms with E-state index in [-0.39, 0.29) is 5.56 Å². The quantitative estimate of drug-likeness (QED) is 0.482. The molecule has 0 bridgehead atoms. The lowest BCUT2D eigenvalue weighted by Crippen LogP contribution is -2.25. The molecule has 0 radical (unpaired) electrons. The van der Waals surface area contributed by atoms with Crippen LogP contribution in [-0.4, -0.2) is 5.11 Å². The Hall–Kier alpha value is -1.20. The summed E-state index contributed by atoms with van der Waals surface area (Å²) in [6, 6.07) is 1.13. The van der Waals surface area contributed by atoms with Crippen LogP contribution in [0.5, 0.6) is 5.75 Å². The van der Waals surface area contributed by atoms with Gasteiger partial charge in [-0.2, -0.15) is 0 Å². The number of nitrogens with two attached hydrogens (primary N) is 1. The molecule has 1 atom stereocenters. The predicted molar refractivity (Wildman–Crippen MR) is 43.8 cm³/mol. The van der Waals surface area contributed by atoms with Gasteiger partial charge in [0.15, 0.2) is 11.6 Å². The molecule has 4 N–H and O–H groups in total. The highest BCUT2D eigenvalue weighted by atomic mass is 19.1. The zero-order valence-electron chi connectivity index (χ0n) is 7.01. The van der Waals surface area contributed by atoms with Gasteiger partial charge in [0.1, 0.15) is 5.82 Å². The van der Waals surface area contributed by atoms with Crippen LogP contribution in [0.4, 0.5) is 8.78 Å². The average Bonchev–Trinajstić information content (AvgIpc) is 2.10. The van der Waals surface area contributed by atoms with Gasteiger partial charge in [-0.3, -0.25) is 11.3 Å². The Balaban J connectivity index is 3.20. The van der Waals surface area contributed by atoms with E-state index in [1.54, 1.807) is 6.92 Å². The molecule has 1 rings (SSSR count). The number of hydrazine groups is 1. The number of hydrogen-bond acceptors (Lipinski definition) is 3. The van der Waals surface area contributed by atoms with Crippen molar-refractivity contribution < 1.29 is 13.9 Å². The minimum absolute atomic E-state index is 0.0972. The number of aromatic hydroxyl groups is 1. The fourth-order valence-electron chi connectivity index (χ4n) is 1.01. The summed E-state index contributed by atoms with van der Waals surface area (Å²) in [6.07, 6.45) is 0. The second-order valence-electron chi connectivity index (χ2n) is 2.71. The molecule has 0 amide bonds. The van der Waals surface area contributed by atoms with Gasteiger partial charge >= 0.3 is 0 Å². The summed E-state index contributed by atoms with van der Waals surface area (Å²) >= 11 is 0. The van der Waals surface area contributed by atoms with Crippen LogP contribution < -0.4 is 11.3 Å². The number of halogens is 2. The van der Waals surface area contributed by atoms with Crippen molar-refractivity contribution in [1.82, 2.24) is 5.43 Å². The van der Waals surface area contributed by atoms with E-state index >= 15 is 0 Å². The zero-order valence-corrected chi connectivity index (χ0v) is 7.01. The Morgan fingerprint density at radius 3 is 2.62 bits per heavy atom. The van der Waals surface area contributed by atoms with E-state index < -0.39 is 23.4 Å². The van der Waals surface area contributed by atoms with Crippen molar-refractivity contribution >= 4 is 0 Å². The molecule has 0 aromatic heterocycles. The largest absolute Gasteiger partial charge is 0.505 e. The number of benzene rings is 1. The number of nitrogens with one attached hydrogen (secondary N) is 1. The molecule has 0 saturated carbocycles. The summed E-state index contributed by atoms with van der Waals surface area (Å²) in [5.41, 5.74) is 2.38. The first-order chi connectivity index (χ1) is 6.06. The van der Waals surface area contributed by atoms with Crippen LogP contribution in [0.1, 0.15) is 18.5 Å². The van der Waals surface area contributed by atoms with E-state index in [4.69, 9.17) is 5.84 Å². The van der Waals surface area contributed by atoms with Crippen LogP contribution >= 0.6 is 0 Å². The minimum Gasteiger partial charge on any atom is -0.505 e. The van der Waals surface area contributed by atoms with Crippen molar-refractivity contribution in [3.63, 3.8) is 0 Å². The van der Waals surface area contributed by atoms with Gasteiger partial charge in [0.2, 0.25) is 0 Å². The van der Waals surface area contributed by atoms with Gasteiger partial charge in [-0.05, 0) is 13.0 Å². The lowest BCUT2D eigenvalue weighted by atomic mass is 10.1. The monoisotopic (exact) mass is 188 g/mol. The molecule has 0 aliphatic heterocycles. The lowest BCUT2D eigenvalue weighted by molar-refractivity contribution is 0.410. The standard InChI is InChI=1S/C8H10F2N2O/c1-4(12-11)6-2-5(9)3-7(10)8(6)13/h2-4,12-13H,11H2,1H3/t4-/m0/s1. The maximum atomic E-state index is 12.8. The molecular weight excluding hydrogens is 178 g/mol. The van der Waals surface area contributed by atoms with E-state index in [0.717, 1.165) is 6.07 Å². The number of phenolic OH excluding ortho intramolecular Hbond substituents is 1. The third-order valence-corrected chi connectivity index (χ3v) is 1.77. The van der Waals surface area contributed by atoms with E-state index in [2.05, 4.69) is 5.43 Å². The van der Waals surface area contributed by atoms with Crippen molar-refractivity contribution in [2.45, 2.75) is 13.0 Å². The fraction of sp³-hybridized carbons (Fsp3) is 0.250. The smallest absolute Gasteiger partial charge is 0.168 e. The predicted octanol–water partition coefficient (Wildman–Crippen LogP) is 1.19. The van der Waals surface area contributed by atoms with Crippen LogP contribution in [0.3, 0.4) is 0 Å². The van der Waals surface area contributed by atoms with Gasteiger partial charge in [-0.1, -0.05) is 0 Å². The maximum absolute atomic E-state index is 12.8. The van der Waals surface area contributed by atoms with Crippen molar-refractivity contribution in [1.29, 1.82) is 0 Å². The van der Waals surface area contributed by atoms with Crippen LogP contribution in [0, 0.1) is 11.6 Å². The third-order valence-electron chi connectivity index (χ3n) is 1.77. The lowest BCUT2D eigenvalue weighted by Gasteiger charge is -2.12. The summed E-state index contributed by atoms with van der Waals surface area (Å²) in [5, 5.41) is 9.19. The Labute approximate surface area is 74.1 Å². The van der Waals surface area contributed by atoms with Crippen molar-refractivity contribution in [3.8, 4) is 5.75 Å². The first-order valence-corrected chi connectivity index (χ1v) is 3.70. The van der Waals surface area contributed by atoms with Gasteiger partial charge in [0, 0.05) is 17.7 Å². The van der Waals surface area contributed by atoms with E-state index in [1.807, 2.05) is 0 Å². The molecule has 1 aromatic carbocycles. The zero-order chi connectivity index (χ0) is 10.0. The molecule has 0 aliphatic carbocycles. The van der Waals surface area contributed by atoms with Crippen LogP contribution in [-0.2, 0) is 0 Å². The van der Waals surface area contributed by atoms with Crippen LogP contribution in [0.2, 0.25) is 0 Å². The minimum atomic E-state index is -0.989. The highest BCUT2D eigenvalue weighted by molar-refractivity contribution is 5.36. The fourth-order valence-corrected chi connectivity index (χ4v) is 1.01. The topological polar surface area (TPSA) is 58.3 Å². The van der Waals surface area contributed by atoms with E-state index in [1.165, 1.54) is 0 Å². The molecule has 72 valence electrons. The van der Waals surface area contributed by atoms with Gasteiger partial charge in [0.25, 0.3) is 0 Å². The maximum Gasteiger partial charge on any atom is 0.168 e. The highest BCUT2D eigenvalue weighted by Gasteiger charge is 2.14. The summed E-state index contributed by atoms with van der Waals surface area (Å²) in [7, 11) is 0. The normalized spacial score (nSPS) is 12.9. The second-order valence-corrected chi connectivity index (χ2v) is 2.71. The van der Waals surface area contributed by atoms with Crippen molar-refractivity contribution in [2.24, 2.45) is 5.84 Å². The van der Waals surface area contributed by atoms with Gasteiger partial charge in [0.05, 0.1) is 0 Å². The molecule has 1 aromatic rings. The second kappa shape index (κ2) is 3.68. The van der Waals surface area contributed by atoms with Crippen molar-refractivity contribution in [3.05, 3.63) is 29.3 Å². The summed E-state index contributed by atoms with van der Waals surface area (Å²) in [4.78, 5) is 0. The van der Waals surface area contributed by atoms with E-state index in [0.29, 0.717) is 6.07 Å². The van der Waals surface area contributed by atoms with Gasteiger partial charge < -0.3 is 5.11 Å². The first-order valence-electron chi connectivity index (χ1n) is 3.70. The highest BCUT2D eigenvalue weighted by Crippen LogP contribution is 2.27. The average molecular weight is 188 g/mol. The van der Waals surface area contributed by atoms with E-state index in [9.17, 15) is 13.9 Å². The molecule has 0 unspecified atom stereocenters.